The van der Waals surface area contributed by atoms with Crippen molar-refractivity contribution in [1.29, 1.82) is 0 Å². The molecule has 7 heteroatoms. The fraction of sp³-hybridized carbons (Fsp3) is 0.278. The number of carbonyl (C=O) groups excluding carboxylic acids is 1. The van der Waals surface area contributed by atoms with Gasteiger partial charge in [-0.25, -0.2) is 8.42 Å². The molecule has 2 rings (SSSR count). The van der Waals surface area contributed by atoms with Crippen LogP contribution in [0, 0.1) is 13.8 Å². The number of carbonyl (C=O) groups is 1. The Labute approximate surface area is 153 Å². The van der Waals surface area contributed by atoms with Gasteiger partial charge in [0.2, 0.25) is 15.9 Å². The topological polar surface area (TPSA) is 66.5 Å². The van der Waals surface area contributed by atoms with Gasteiger partial charge in [0.25, 0.3) is 0 Å². The van der Waals surface area contributed by atoms with Crippen LogP contribution in [0.15, 0.2) is 42.5 Å². The van der Waals surface area contributed by atoms with Gasteiger partial charge < -0.3 is 5.32 Å². The number of anilines is 1. The van der Waals surface area contributed by atoms with Crippen molar-refractivity contribution in [2.75, 3.05) is 18.1 Å². The number of halogens is 1. The number of sulfonamides is 1. The summed E-state index contributed by atoms with van der Waals surface area (Å²) in [6.07, 6.45) is 1.09. The lowest BCUT2D eigenvalue weighted by molar-refractivity contribution is -0.116. The first-order chi connectivity index (χ1) is 11.6. The molecule has 0 bridgehead atoms. The molecular weight excluding hydrogens is 360 g/mol. The number of rotatable bonds is 6. The van der Waals surface area contributed by atoms with E-state index in [9.17, 15) is 13.2 Å². The predicted octanol–water partition coefficient (Wildman–Crippen LogP) is 3.36. The van der Waals surface area contributed by atoms with Gasteiger partial charge in [-0.1, -0.05) is 41.4 Å². The number of hydrogen-bond donors (Lipinski definition) is 1. The molecule has 0 saturated carbocycles. The van der Waals surface area contributed by atoms with Crippen molar-refractivity contribution in [2.45, 2.75) is 20.4 Å². The van der Waals surface area contributed by atoms with E-state index < -0.39 is 10.0 Å². The molecule has 1 N–H and O–H groups in total. The van der Waals surface area contributed by atoms with E-state index in [2.05, 4.69) is 5.32 Å². The highest BCUT2D eigenvalue weighted by Crippen LogP contribution is 2.17. The minimum Gasteiger partial charge on any atom is -0.325 e. The molecule has 0 atom stereocenters. The molecule has 0 unspecified atom stereocenters. The molecule has 0 aromatic heterocycles. The third-order valence-electron chi connectivity index (χ3n) is 3.72. The largest absolute Gasteiger partial charge is 0.325 e. The van der Waals surface area contributed by atoms with Gasteiger partial charge in [0, 0.05) is 17.3 Å². The standard InChI is InChI=1S/C18H21ClN2O3S/c1-13-4-9-17(14(2)10-13)20-18(22)12-21(25(3,23)24)11-15-5-7-16(19)8-6-15/h4-10H,11-12H2,1-3H3,(H,20,22). The highest BCUT2D eigenvalue weighted by Gasteiger charge is 2.21. The Kier molecular flexibility index (Phi) is 6.21. The fourth-order valence-corrected chi connectivity index (χ4v) is 3.25. The Hall–Kier alpha value is -1.89. The SMILES string of the molecule is Cc1ccc(NC(=O)CN(Cc2ccc(Cl)cc2)S(C)(=O)=O)c(C)c1. The molecule has 0 aliphatic heterocycles. The molecule has 1 amide bonds. The van der Waals surface area contributed by atoms with E-state index in [-0.39, 0.29) is 19.0 Å². The second-order valence-electron chi connectivity index (χ2n) is 6.02. The summed E-state index contributed by atoms with van der Waals surface area (Å²) in [6, 6.07) is 12.5. The van der Waals surface area contributed by atoms with Gasteiger partial charge in [-0.3, -0.25) is 4.79 Å². The van der Waals surface area contributed by atoms with Crippen LogP contribution in [0.2, 0.25) is 5.02 Å². The number of nitrogens with one attached hydrogen (secondary N) is 1. The maximum absolute atomic E-state index is 12.3. The summed E-state index contributed by atoms with van der Waals surface area (Å²) < 4.78 is 25.2. The first-order valence-electron chi connectivity index (χ1n) is 7.72. The summed E-state index contributed by atoms with van der Waals surface area (Å²) in [5, 5.41) is 3.34. The first kappa shape index (κ1) is 19.4. The van der Waals surface area contributed by atoms with E-state index in [1.165, 1.54) is 0 Å². The summed E-state index contributed by atoms with van der Waals surface area (Å²) in [6.45, 7) is 3.71. The predicted molar refractivity (Wildman–Crippen MR) is 101 cm³/mol. The van der Waals surface area contributed by atoms with Crippen LogP contribution in [-0.4, -0.2) is 31.4 Å². The van der Waals surface area contributed by atoms with Crippen LogP contribution in [0.1, 0.15) is 16.7 Å². The van der Waals surface area contributed by atoms with Crippen molar-refractivity contribution in [3.05, 3.63) is 64.2 Å². The molecular formula is C18H21ClN2O3S. The molecule has 2 aromatic rings. The molecule has 0 aliphatic rings. The fourth-order valence-electron chi connectivity index (χ4n) is 2.39. The zero-order chi connectivity index (χ0) is 18.6. The van der Waals surface area contributed by atoms with E-state index in [1.807, 2.05) is 32.0 Å². The quantitative estimate of drug-likeness (QED) is 0.835. The number of benzene rings is 2. The van der Waals surface area contributed by atoms with Crippen LogP contribution in [0.4, 0.5) is 5.69 Å². The molecule has 5 nitrogen and oxygen atoms in total. The van der Waals surface area contributed by atoms with Crippen LogP contribution in [-0.2, 0) is 21.4 Å². The van der Waals surface area contributed by atoms with Gasteiger partial charge in [0.1, 0.15) is 0 Å². The molecule has 0 aliphatic carbocycles. The Morgan fingerprint density at radius 3 is 2.32 bits per heavy atom. The van der Waals surface area contributed by atoms with Gasteiger partial charge in [-0.2, -0.15) is 4.31 Å². The van der Waals surface area contributed by atoms with Gasteiger partial charge in [0.05, 0.1) is 12.8 Å². The van der Waals surface area contributed by atoms with E-state index in [4.69, 9.17) is 11.6 Å². The monoisotopic (exact) mass is 380 g/mol. The zero-order valence-electron chi connectivity index (χ0n) is 14.4. The number of nitrogens with zero attached hydrogens (tertiary/aromatic N) is 1. The summed E-state index contributed by atoms with van der Waals surface area (Å²) in [5.41, 5.74) is 3.46. The molecule has 0 radical (unpaired) electrons. The average Bonchev–Trinajstić information content (AvgIpc) is 2.50. The molecule has 0 heterocycles. The maximum atomic E-state index is 12.3. The van der Waals surface area contributed by atoms with Crippen molar-refractivity contribution < 1.29 is 13.2 Å². The molecule has 0 saturated heterocycles. The normalized spacial score (nSPS) is 11.6. The van der Waals surface area contributed by atoms with Crippen molar-refractivity contribution in [2.24, 2.45) is 0 Å². The van der Waals surface area contributed by atoms with Crippen LogP contribution in [0.3, 0.4) is 0 Å². The molecule has 2 aromatic carbocycles. The highest BCUT2D eigenvalue weighted by molar-refractivity contribution is 7.88. The zero-order valence-corrected chi connectivity index (χ0v) is 16.0. The third kappa shape index (κ3) is 5.85. The average molecular weight is 381 g/mol. The molecule has 0 spiro atoms. The number of hydrogen-bond acceptors (Lipinski definition) is 3. The van der Waals surface area contributed by atoms with Crippen LogP contribution in [0.5, 0.6) is 0 Å². The Morgan fingerprint density at radius 2 is 1.76 bits per heavy atom. The van der Waals surface area contributed by atoms with Crippen molar-refractivity contribution in [1.82, 2.24) is 4.31 Å². The minimum atomic E-state index is -3.54. The van der Waals surface area contributed by atoms with E-state index >= 15 is 0 Å². The van der Waals surface area contributed by atoms with Crippen LogP contribution >= 0.6 is 11.6 Å². The highest BCUT2D eigenvalue weighted by atomic mass is 35.5. The van der Waals surface area contributed by atoms with Crippen molar-refractivity contribution in [3.63, 3.8) is 0 Å². The summed E-state index contributed by atoms with van der Waals surface area (Å²) in [7, 11) is -3.54. The maximum Gasteiger partial charge on any atom is 0.239 e. The second kappa shape index (κ2) is 7.99. The number of aryl methyl sites for hydroxylation is 2. The summed E-state index contributed by atoms with van der Waals surface area (Å²) in [5.74, 6) is -0.383. The van der Waals surface area contributed by atoms with E-state index in [0.717, 1.165) is 27.3 Å². The van der Waals surface area contributed by atoms with E-state index in [0.29, 0.717) is 10.7 Å². The van der Waals surface area contributed by atoms with Gasteiger partial charge in [0.15, 0.2) is 0 Å². The molecule has 25 heavy (non-hydrogen) atoms. The Bertz CT molecular complexity index is 864. The molecule has 0 fully saturated rings. The minimum absolute atomic E-state index is 0.107. The van der Waals surface area contributed by atoms with Crippen molar-refractivity contribution >= 4 is 33.2 Å². The van der Waals surface area contributed by atoms with Gasteiger partial charge in [-0.15, -0.1) is 0 Å². The van der Waals surface area contributed by atoms with E-state index in [1.54, 1.807) is 24.3 Å². The Morgan fingerprint density at radius 1 is 1.12 bits per heavy atom. The lowest BCUT2D eigenvalue weighted by atomic mass is 10.1. The third-order valence-corrected chi connectivity index (χ3v) is 5.17. The first-order valence-corrected chi connectivity index (χ1v) is 9.94. The van der Waals surface area contributed by atoms with Crippen LogP contribution in [0.25, 0.3) is 0 Å². The number of amides is 1. The van der Waals surface area contributed by atoms with Crippen LogP contribution < -0.4 is 5.32 Å². The lowest BCUT2D eigenvalue weighted by Crippen LogP contribution is -2.37. The van der Waals surface area contributed by atoms with Crippen molar-refractivity contribution in [3.8, 4) is 0 Å². The lowest BCUT2D eigenvalue weighted by Gasteiger charge is -2.20. The van der Waals surface area contributed by atoms with Gasteiger partial charge in [-0.05, 0) is 43.2 Å². The summed E-state index contributed by atoms with van der Waals surface area (Å²) >= 11 is 5.84. The Balaban J connectivity index is 2.11. The summed E-state index contributed by atoms with van der Waals surface area (Å²) in [4.78, 5) is 12.3. The smallest absolute Gasteiger partial charge is 0.239 e. The molecule has 134 valence electrons. The second-order valence-corrected chi connectivity index (χ2v) is 8.44. The van der Waals surface area contributed by atoms with Gasteiger partial charge >= 0.3 is 0 Å².